The smallest absolute Gasteiger partial charge is 0.293 e. The Hall–Kier alpha value is -5.41. The van der Waals surface area contributed by atoms with Gasteiger partial charge in [0.05, 0.1) is 15.4 Å². The highest BCUT2D eigenvalue weighted by Gasteiger charge is 2.28. The lowest BCUT2D eigenvalue weighted by Crippen LogP contribution is -2.47. The monoisotopic (exact) mass is 837 g/mol. The Kier molecular flexibility index (Phi) is 11.9. The third kappa shape index (κ3) is 9.41. The van der Waals surface area contributed by atoms with Crippen LogP contribution in [0.5, 0.6) is 11.5 Å². The summed E-state index contributed by atoms with van der Waals surface area (Å²) in [6.45, 7) is 5.79. The fourth-order valence-corrected chi connectivity index (χ4v) is 9.45. The maximum absolute atomic E-state index is 13.9. The predicted molar refractivity (Wildman–Crippen MR) is 232 cm³/mol. The highest BCUT2D eigenvalue weighted by molar-refractivity contribution is 7.90. The number of likely N-dealkylation sites (tertiary alicyclic amines) is 1. The molecular formula is C44H48ClN7O6S. The Morgan fingerprint density at radius 1 is 0.915 bits per heavy atom. The van der Waals surface area contributed by atoms with Gasteiger partial charge in [-0.2, -0.15) is 0 Å². The molecule has 59 heavy (non-hydrogen) atoms. The minimum atomic E-state index is -4.53. The number of halogens is 1. The van der Waals surface area contributed by atoms with Crippen molar-refractivity contribution in [3.8, 4) is 11.5 Å². The van der Waals surface area contributed by atoms with Crippen LogP contribution in [0.1, 0.15) is 54.4 Å². The largest absolute Gasteiger partial charge is 0.456 e. The molecule has 0 bridgehead atoms. The highest BCUT2D eigenvalue weighted by atomic mass is 35.5. The first kappa shape index (κ1) is 40.4. The van der Waals surface area contributed by atoms with Gasteiger partial charge >= 0.3 is 0 Å². The molecule has 3 aliphatic rings. The van der Waals surface area contributed by atoms with Gasteiger partial charge in [0.2, 0.25) is 0 Å². The number of nitrogens with zero attached hydrogens (tertiary/aromatic N) is 4. The number of nitrogens with one attached hydrogen (secondary N) is 3. The van der Waals surface area contributed by atoms with Gasteiger partial charge in [-0.1, -0.05) is 29.3 Å². The van der Waals surface area contributed by atoms with Crippen LogP contribution in [0.25, 0.3) is 16.5 Å². The number of nitro benzene ring substituents is 1. The lowest BCUT2D eigenvalue weighted by molar-refractivity contribution is -0.384. The van der Waals surface area contributed by atoms with Gasteiger partial charge < -0.3 is 24.8 Å². The fourth-order valence-electron chi connectivity index (χ4n) is 8.34. The summed E-state index contributed by atoms with van der Waals surface area (Å²) in [5.41, 5.74) is 5.77. The second-order valence-electron chi connectivity index (χ2n) is 15.7. The molecule has 0 saturated carbocycles. The Bertz CT molecular complexity index is 2490. The Morgan fingerprint density at radius 3 is 2.44 bits per heavy atom. The van der Waals surface area contributed by atoms with Crippen LogP contribution >= 0.6 is 11.6 Å². The molecule has 3 N–H and O–H groups in total. The van der Waals surface area contributed by atoms with E-state index in [2.05, 4.69) is 41.9 Å². The fraction of sp³-hybridized carbons (Fsp3) is 0.341. The van der Waals surface area contributed by atoms with E-state index in [0.717, 1.165) is 99.2 Å². The van der Waals surface area contributed by atoms with Gasteiger partial charge in [-0.3, -0.25) is 19.8 Å². The maximum atomic E-state index is 13.9. The summed E-state index contributed by atoms with van der Waals surface area (Å²) < 4.78 is 35.9. The predicted octanol–water partition coefficient (Wildman–Crippen LogP) is 8.30. The molecular weight excluding hydrogens is 790 g/mol. The zero-order chi connectivity index (χ0) is 41.1. The van der Waals surface area contributed by atoms with Crippen molar-refractivity contribution in [1.82, 2.24) is 19.5 Å². The molecule has 0 radical (unpaired) electrons. The van der Waals surface area contributed by atoms with E-state index < -0.39 is 25.7 Å². The van der Waals surface area contributed by atoms with E-state index in [9.17, 15) is 23.3 Å². The second-order valence-corrected chi connectivity index (χ2v) is 17.8. The van der Waals surface area contributed by atoms with Gasteiger partial charge in [-0.15, -0.1) is 0 Å². The van der Waals surface area contributed by atoms with Gasteiger partial charge in [0.25, 0.3) is 21.6 Å². The van der Waals surface area contributed by atoms with E-state index in [0.29, 0.717) is 5.75 Å². The first-order chi connectivity index (χ1) is 28.5. The number of rotatable bonds is 12. The molecule has 0 atom stereocenters. The molecule has 1 amide bonds. The number of aromatic nitrogens is 1. The zero-order valence-electron chi connectivity index (χ0n) is 33.0. The number of hydrogen-bond acceptors (Lipinski definition) is 10. The number of sulfonamides is 1. The summed E-state index contributed by atoms with van der Waals surface area (Å²) in [6.07, 6.45) is 7.95. The number of ether oxygens (including phenoxy) is 1. The van der Waals surface area contributed by atoms with Crippen molar-refractivity contribution in [2.45, 2.75) is 49.5 Å². The number of carbonyl (C=O) groups excluding carboxylic acids is 1. The van der Waals surface area contributed by atoms with E-state index in [4.69, 9.17) is 16.3 Å². The van der Waals surface area contributed by atoms with Crippen LogP contribution < -0.4 is 19.7 Å². The Balaban J connectivity index is 1.01. The number of aromatic amines is 1. The first-order valence-electron chi connectivity index (χ1n) is 20.1. The zero-order valence-corrected chi connectivity index (χ0v) is 34.5. The van der Waals surface area contributed by atoms with Crippen molar-refractivity contribution in [3.63, 3.8) is 0 Å². The third-order valence-corrected chi connectivity index (χ3v) is 13.3. The van der Waals surface area contributed by atoms with Crippen molar-refractivity contribution in [3.05, 3.63) is 123 Å². The minimum Gasteiger partial charge on any atom is -0.456 e. The van der Waals surface area contributed by atoms with Crippen LogP contribution in [-0.4, -0.2) is 92.9 Å². The number of nitro groups is 1. The summed E-state index contributed by atoms with van der Waals surface area (Å²) in [6, 6.07) is 24.4. The number of allylic oxidation sites excluding steroid dienone is 1. The average molecular weight is 838 g/mol. The van der Waals surface area contributed by atoms with Gasteiger partial charge in [0.15, 0.2) is 0 Å². The second kappa shape index (κ2) is 17.4. The molecule has 1 aliphatic carbocycles. The molecule has 308 valence electrons. The number of piperidine rings is 1. The van der Waals surface area contributed by atoms with Crippen molar-refractivity contribution in [1.29, 1.82) is 0 Å². The molecule has 0 spiro atoms. The van der Waals surface area contributed by atoms with Crippen LogP contribution in [0.4, 0.5) is 17.1 Å². The maximum Gasteiger partial charge on any atom is 0.293 e. The van der Waals surface area contributed by atoms with Gasteiger partial charge in [0.1, 0.15) is 17.2 Å². The topological polar surface area (TPSA) is 153 Å². The summed E-state index contributed by atoms with van der Waals surface area (Å²) in [7, 11) is -2.50. The summed E-state index contributed by atoms with van der Waals surface area (Å²) >= 11 is 6.19. The molecule has 15 heteroatoms. The molecule has 8 rings (SSSR count). The van der Waals surface area contributed by atoms with Gasteiger partial charge in [-0.05, 0) is 130 Å². The molecule has 2 aliphatic heterocycles. The number of fused-ring (bicyclic) bond motifs is 1. The van der Waals surface area contributed by atoms with E-state index in [1.54, 1.807) is 24.3 Å². The Morgan fingerprint density at radius 2 is 1.68 bits per heavy atom. The number of piperazine rings is 1. The van der Waals surface area contributed by atoms with Crippen LogP contribution in [0.3, 0.4) is 0 Å². The first-order valence-corrected chi connectivity index (χ1v) is 22.0. The number of hydrogen-bond donors (Lipinski definition) is 3. The van der Waals surface area contributed by atoms with Gasteiger partial charge in [-0.25, -0.2) is 13.1 Å². The molecule has 4 aromatic carbocycles. The normalized spacial score (nSPS) is 17.3. The van der Waals surface area contributed by atoms with Gasteiger partial charge in [0, 0.05) is 78.7 Å². The number of H-pyrrole nitrogens is 1. The number of carbonyl (C=O) groups is 1. The van der Waals surface area contributed by atoms with Crippen LogP contribution in [0.2, 0.25) is 5.02 Å². The van der Waals surface area contributed by atoms with E-state index in [-0.39, 0.29) is 28.7 Å². The number of benzene rings is 4. The molecule has 3 heterocycles. The highest BCUT2D eigenvalue weighted by Crippen LogP contribution is 2.36. The molecule has 2 saturated heterocycles. The summed E-state index contributed by atoms with van der Waals surface area (Å²) in [5.74, 6) is -0.278. The van der Waals surface area contributed by atoms with Crippen molar-refractivity contribution >= 4 is 61.1 Å². The van der Waals surface area contributed by atoms with Crippen LogP contribution in [-0.2, 0) is 10.0 Å². The number of amides is 1. The third-order valence-electron chi connectivity index (χ3n) is 11.7. The minimum absolute atomic E-state index is 0.000792. The summed E-state index contributed by atoms with van der Waals surface area (Å²) in [5, 5.41) is 17.0. The van der Waals surface area contributed by atoms with Crippen molar-refractivity contribution in [2.75, 3.05) is 63.1 Å². The molecule has 1 aromatic heterocycles. The van der Waals surface area contributed by atoms with Crippen molar-refractivity contribution < 1.29 is 22.9 Å². The lowest BCUT2D eigenvalue weighted by Gasteiger charge is -2.37. The molecule has 5 aromatic rings. The molecule has 0 unspecified atom stereocenters. The Labute approximate surface area is 349 Å². The van der Waals surface area contributed by atoms with E-state index >= 15 is 0 Å². The van der Waals surface area contributed by atoms with Crippen LogP contribution in [0, 0.1) is 10.1 Å². The van der Waals surface area contributed by atoms with Crippen molar-refractivity contribution in [2.24, 2.45) is 0 Å². The summed E-state index contributed by atoms with van der Waals surface area (Å²) in [4.78, 5) is 35.1. The number of anilines is 2. The van der Waals surface area contributed by atoms with E-state index in [1.165, 1.54) is 41.7 Å². The molecule has 13 nitrogen and oxygen atoms in total. The quantitative estimate of drug-likeness (QED) is 0.0827. The van der Waals surface area contributed by atoms with Crippen LogP contribution in [0.15, 0.2) is 102 Å². The molecule has 2 fully saturated rings. The average Bonchev–Trinajstić information content (AvgIpc) is 3.70. The SMILES string of the molecule is CN1CCC(Nc2ccc(S(=O)(=O)NC(=O)c3ccc(N4CCN(CC5=C(c6ccc(Cl)cc6)CCCC5)CC4)cc3Oc3ccc4[nH]ccc4c3)cc2[N+](=O)[O-])CC1. The lowest BCUT2D eigenvalue weighted by atomic mass is 9.87. The standard InChI is InChI=1S/C44H48ClN7O6S/c1-49-20-17-34(18-21-49)47-41-15-12-37(28-42(41)52(54)55)59(56,57)48-44(53)39-13-10-35(27-43(39)58-36-11-14-40-31(26-36)16-19-46-40)51-24-22-50(23-25-51)29-32-4-2-3-5-38(32)30-6-8-33(45)9-7-30/h6-16,19,26-28,34,46-47H,2-5,17-18,20-25,29H2,1H3,(H,48,53). The van der Waals surface area contributed by atoms with E-state index in [1.807, 2.05) is 43.6 Å².